The molecule has 0 bridgehead atoms. The van der Waals surface area contributed by atoms with Crippen LogP contribution in [0.4, 0.5) is 0 Å². The molecule has 90 valence electrons. The van der Waals surface area contributed by atoms with E-state index >= 15 is 0 Å². The number of ether oxygens (including phenoxy) is 1. The zero-order valence-corrected chi connectivity index (χ0v) is 9.55. The lowest BCUT2D eigenvalue weighted by molar-refractivity contribution is -0.134. The van der Waals surface area contributed by atoms with E-state index in [1.165, 1.54) is 19.3 Å². The number of aromatic nitrogens is 1. The van der Waals surface area contributed by atoms with E-state index in [-0.39, 0.29) is 5.91 Å². The van der Waals surface area contributed by atoms with Gasteiger partial charge in [0.25, 0.3) is 0 Å². The second-order valence-corrected chi connectivity index (χ2v) is 3.26. The smallest absolute Gasteiger partial charge is 0.330 e. The van der Waals surface area contributed by atoms with Gasteiger partial charge < -0.3 is 10.1 Å². The number of methoxy groups -OCH3 is 1. The number of carbonyl (C=O) groups is 2. The molecule has 5 nitrogen and oxygen atoms in total. The van der Waals surface area contributed by atoms with E-state index in [1.54, 1.807) is 24.5 Å². The van der Waals surface area contributed by atoms with Crippen LogP contribution in [0.5, 0.6) is 0 Å². The molecule has 5 heteroatoms. The van der Waals surface area contributed by atoms with Gasteiger partial charge in [0.1, 0.15) is 0 Å². The lowest BCUT2D eigenvalue weighted by Crippen LogP contribution is -2.25. The van der Waals surface area contributed by atoms with Crippen molar-refractivity contribution in [1.82, 2.24) is 10.3 Å². The molecule has 17 heavy (non-hydrogen) atoms. The zero-order valence-electron chi connectivity index (χ0n) is 9.55. The molecule has 0 unspecified atom stereocenters. The third kappa shape index (κ3) is 5.46. The molecule has 0 aromatic carbocycles. The van der Waals surface area contributed by atoms with Crippen molar-refractivity contribution in [3.63, 3.8) is 0 Å². The van der Waals surface area contributed by atoms with Crippen LogP contribution < -0.4 is 5.32 Å². The summed E-state index contributed by atoms with van der Waals surface area (Å²) in [6.07, 6.45) is 6.39. The summed E-state index contributed by atoms with van der Waals surface area (Å²) in [6, 6.07) is 3.56. The quantitative estimate of drug-likeness (QED) is 0.594. The first-order valence-corrected chi connectivity index (χ1v) is 5.12. The van der Waals surface area contributed by atoms with Gasteiger partial charge >= 0.3 is 5.97 Å². The lowest BCUT2D eigenvalue weighted by atomic mass is 10.2. The molecule has 0 aliphatic heterocycles. The maximum atomic E-state index is 11.4. The summed E-state index contributed by atoms with van der Waals surface area (Å²) in [5.74, 6) is -0.543. The van der Waals surface area contributed by atoms with E-state index < -0.39 is 5.97 Å². The largest absolute Gasteiger partial charge is 0.466 e. The van der Waals surface area contributed by atoms with Gasteiger partial charge in [0.15, 0.2) is 0 Å². The number of nitrogens with zero attached hydrogens (tertiary/aromatic N) is 1. The second-order valence-electron chi connectivity index (χ2n) is 3.26. The van der Waals surface area contributed by atoms with Crippen LogP contribution in [0, 0.1) is 0 Å². The number of pyridine rings is 1. The van der Waals surface area contributed by atoms with Crippen molar-refractivity contribution >= 4 is 11.9 Å². The molecule has 1 amide bonds. The van der Waals surface area contributed by atoms with E-state index in [2.05, 4.69) is 15.0 Å². The number of esters is 1. The van der Waals surface area contributed by atoms with Gasteiger partial charge in [-0.3, -0.25) is 9.78 Å². The highest BCUT2D eigenvalue weighted by Crippen LogP contribution is 1.96. The fraction of sp³-hybridized carbons (Fsp3) is 0.250. The Labute approximate surface area is 99.5 Å². The first kappa shape index (κ1) is 12.9. The van der Waals surface area contributed by atoms with Crippen molar-refractivity contribution in [3.05, 3.63) is 42.2 Å². The maximum Gasteiger partial charge on any atom is 0.330 e. The predicted octanol–water partition coefficient (Wildman–Crippen LogP) is 0.469. The number of amides is 1. The molecule has 1 N–H and O–H groups in total. The van der Waals surface area contributed by atoms with Gasteiger partial charge in [-0.1, -0.05) is 6.08 Å². The highest BCUT2D eigenvalue weighted by molar-refractivity contribution is 5.82. The normalized spacial score (nSPS) is 10.2. The Bertz CT molecular complexity index is 401. The van der Waals surface area contributed by atoms with E-state index in [0.717, 1.165) is 5.56 Å². The summed E-state index contributed by atoms with van der Waals surface area (Å²) in [4.78, 5) is 26.0. The van der Waals surface area contributed by atoms with Crippen LogP contribution in [0.3, 0.4) is 0 Å². The predicted molar refractivity (Wildman–Crippen MR) is 62.1 cm³/mol. The minimum Gasteiger partial charge on any atom is -0.466 e. The van der Waals surface area contributed by atoms with Gasteiger partial charge in [-0.15, -0.1) is 0 Å². The Balaban J connectivity index is 2.27. The van der Waals surface area contributed by atoms with Crippen molar-refractivity contribution in [2.45, 2.75) is 6.42 Å². The summed E-state index contributed by atoms with van der Waals surface area (Å²) in [7, 11) is 1.30. The van der Waals surface area contributed by atoms with Gasteiger partial charge in [-0.25, -0.2) is 4.79 Å². The van der Waals surface area contributed by atoms with E-state index in [9.17, 15) is 9.59 Å². The average Bonchev–Trinajstić information content (AvgIpc) is 2.35. The molecule has 1 rings (SSSR count). The molecule has 1 heterocycles. The SMILES string of the molecule is COC(=O)/C=C/CNC(=O)Cc1ccncc1. The maximum absolute atomic E-state index is 11.4. The molecule has 0 radical (unpaired) electrons. The van der Waals surface area contributed by atoms with E-state index in [1.807, 2.05) is 0 Å². The lowest BCUT2D eigenvalue weighted by Gasteiger charge is -2.01. The Morgan fingerprint density at radius 1 is 1.41 bits per heavy atom. The minimum absolute atomic E-state index is 0.106. The Morgan fingerprint density at radius 2 is 2.12 bits per heavy atom. The molecule has 1 aromatic heterocycles. The Morgan fingerprint density at radius 3 is 2.76 bits per heavy atom. The van der Waals surface area contributed by atoms with Gasteiger partial charge in [-0.2, -0.15) is 0 Å². The average molecular weight is 234 g/mol. The van der Waals surface area contributed by atoms with E-state index in [0.29, 0.717) is 13.0 Å². The fourth-order valence-corrected chi connectivity index (χ4v) is 1.14. The van der Waals surface area contributed by atoms with Crippen LogP contribution in [-0.4, -0.2) is 30.5 Å². The number of carbonyl (C=O) groups excluding carboxylic acids is 2. The Kier molecular flexibility index (Phi) is 5.43. The van der Waals surface area contributed by atoms with Crippen LogP contribution in [0.1, 0.15) is 5.56 Å². The van der Waals surface area contributed by atoms with Crippen molar-refractivity contribution in [2.75, 3.05) is 13.7 Å². The third-order valence-corrected chi connectivity index (χ3v) is 1.99. The van der Waals surface area contributed by atoms with Crippen molar-refractivity contribution in [1.29, 1.82) is 0 Å². The first-order chi connectivity index (χ1) is 8.22. The van der Waals surface area contributed by atoms with Crippen LogP contribution in [0.25, 0.3) is 0 Å². The van der Waals surface area contributed by atoms with Gasteiger partial charge in [-0.05, 0) is 17.7 Å². The first-order valence-electron chi connectivity index (χ1n) is 5.12. The highest BCUT2D eigenvalue weighted by Gasteiger charge is 2.00. The summed E-state index contributed by atoms with van der Waals surface area (Å²) >= 11 is 0. The second kappa shape index (κ2) is 7.16. The molecular weight excluding hydrogens is 220 g/mol. The molecule has 0 fully saturated rings. The third-order valence-electron chi connectivity index (χ3n) is 1.99. The van der Waals surface area contributed by atoms with Crippen LogP contribution in [0.15, 0.2) is 36.7 Å². The summed E-state index contributed by atoms with van der Waals surface area (Å²) in [5, 5.41) is 2.66. The van der Waals surface area contributed by atoms with Crippen molar-refractivity contribution in [3.8, 4) is 0 Å². The van der Waals surface area contributed by atoms with Gasteiger partial charge in [0.05, 0.1) is 13.5 Å². The molecule has 0 saturated heterocycles. The number of hydrogen-bond donors (Lipinski definition) is 1. The van der Waals surface area contributed by atoms with E-state index in [4.69, 9.17) is 0 Å². The summed E-state index contributed by atoms with van der Waals surface area (Å²) in [5.41, 5.74) is 0.898. The number of rotatable bonds is 5. The molecule has 0 saturated carbocycles. The highest BCUT2D eigenvalue weighted by atomic mass is 16.5. The summed E-state index contributed by atoms with van der Waals surface area (Å²) in [6.45, 7) is 0.305. The molecule has 1 aromatic rings. The number of hydrogen-bond acceptors (Lipinski definition) is 4. The van der Waals surface area contributed by atoms with Gasteiger partial charge in [0, 0.05) is 25.0 Å². The van der Waals surface area contributed by atoms with Crippen LogP contribution >= 0.6 is 0 Å². The molecular formula is C12H14N2O3. The van der Waals surface area contributed by atoms with Crippen molar-refractivity contribution in [2.24, 2.45) is 0 Å². The Hall–Kier alpha value is -2.17. The van der Waals surface area contributed by atoms with Crippen molar-refractivity contribution < 1.29 is 14.3 Å². The molecule has 0 aliphatic rings. The minimum atomic E-state index is -0.437. The summed E-state index contributed by atoms with van der Waals surface area (Å²) < 4.78 is 4.41. The molecule has 0 spiro atoms. The standard InChI is InChI=1S/C12H14N2O3/c1-17-12(16)3-2-6-14-11(15)9-10-4-7-13-8-5-10/h2-5,7-8H,6,9H2,1H3,(H,14,15)/b3-2+. The zero-order chi connectivity index (χ0) is 12.5. The monoisotopic (exact) mass is 234 g/mol. The molecule has 0 aliphatic carbocycles. The van der Waals surface area contributed by atoms with Crippen LogP contribution in [0.2, 0.25) is 0 Å². The molecule has 0 atom stereocenters. The fourth-order valence-electron chi connectivity index (χ4n) is 1.14. The topological polar surface area (TPSA) is 68.3 Å². The number of nitrogens with one attached hydrogen (secondary N) is 1. The van der Waals surface area contributed by atoms with Gasteiger partial charge in [0.2, 0.25) is 5.91 Å². The van der Waals surface area contributed by atoms with Crippen LogP contribution in [-0.2, 0) is 20.7 Å².